The maximum absolute atomic E-state index is 12.7. The summed E-state index contributed by atoms with van der Waals surface area (Å²) in [5.74, 6) is -0.226. The number of nitrogens with one attached hydrogen (secondary N) is 1. The fourth-order valence-corrected chi connectivity index (χ4v) is 4.06. The lowest BCUT2D eigenvalue weighted by Gasteiger charge is -2.25. The summed E-state index contributed by atoms with van der Waals surface area (Å²) in [7, 11) is 0. The van der Waals surface area contributed by atoms with Gasteiger partial charge in [0.15, 0.2) is 0 Å². The Morgan fingerprint density at radius 2 is 1.52 bits per heavy atom. The monoisotopic (exact) mass is 450 g/mol. The summed E-state index contributed by atoms with van der Waals surface area (Å²) in [6.07, 6.45) is 0.812. The van der Waals surface area contributed by atoms with Gasteiger partial charge in [-0.25, -0.2) is 0 Å². The van der Waals surface area contributed by atoms with Gasteiger partial charge < -0.3 is 15.1 Å². The number of rotatable bonds is 8. The van der Waals surface area contributed by atoms with Crippen molar-refractivity contribution in [3.63, 3.8) is 0 Å². The predicted molar refractivity (Wildman–Crippen MR) is 130 cm³/mol. The molecule has 0 radical (unpaired) electrons. The van der Waals surface area contributed by atoms with Gasteiger partial charge in [-0.15, -0.1) is 0 Å². The van der Waals surface area contributed by atoms with E-state index in [1.165, 1.54) is 0 Å². The van der Waals surface area contributed by atoms with Crippen LogP contribution in [0.2, 0.25) is 0 Å². The van der Waals surface area contributed by atoms with Crippen molar-refractivity contribution in [1.82, 2.24) is 20.0 Å². The van der Waals surface area contributed by atoms with E-state index < -0.39 is 0 Å². The van der Waals surface area contributed by atoms with Crippen LogP contribution in [0.25, 0.3) is 11.1 Å². The van der Waals surface area contributed by atoms with Crippen molar-refractivity contribution in [1.29, 1.82) is 0 Å². The van der Waals surface area contributed by atoms with Crippen LogP contribution in [0.4, 0.5) is 0 Å². The summed E-state index contributed by atoms with van der Waals surface area (Å²) in [5.41, 5.74) is 2.66. The van der Waals surface area contributed by atoms with E-state index in [-0.39, 0.29) is 24.3 Å². The Bertz CT molecular complexity index is 926. The summed E-state index contributed by atoms with van der Waals surface area (Å²) < 4.78 is 0. The number of benzene rings is 2. The van der Waals surface area contributed by atoms with Crippen LogP contribution in [-0.4, -0.2) is 84.8 Å². The Morgan fingerprint density at radius 3 is 2.18 bits per heavy atom. The SMILES string of the molecule is CCN(CC)C(=O)CN1CCCN(C(=O)CNC(=O)c2ccc(-c3ccccc3)cc2)CC1. The molecule has 0 atom stereocenters. The first-order valence-electron chi connectivity index (χ1n) is 11.7. The van der Waals surface area contributed by atoms with Gasteiger partial charge in [-0.05, 0) is 43.5 Å². The predicted octanol–water partition coefficient (Wildman–Crippen LogP) is 2.49. The zero-order chi connectivity index (χ0) is 23.6. The molecule has 1 N–H and O–H groups in total. The molecule has 1 aliphatic heterocycles. The van der Waals surface area contributed by atoms with E-state index in [0.29, 0.717) is 44.8 Å². The zero-order valence-electron chi connectivity index (χ0n) is 19.6. The van der Waals surface area contributed by atoms with Crippen LogP contribution in [0.5, 0.6) is 0 Å². The lowest BCUT2D eigenvalue weighted by molar-refractivity contribution is -0.132. The summed E-state index contributed by atoms with van der Waals surface area (Å²) in [4.78, 5) is 43.3. The third-order valence-electron chi connectivity index (χ3n) is 6.07. The van der Waals surface area contributed by atoms with E-state index in [2.05, 4.69) is 10.2 Å². The van der Waals surface area contributed by atoms with E-state index in [0.717, 1.165) is 24.1 Å². The van der Waals surface area contributed by atoms with Crippen molar-refractivity contribution in [3.8, 4) is 11.1 Å². The normalized spacial score (nSPS) is 14.4. The van der Waals surface area contributed by atoms with Crippen LogP contribution in [0.15, 0.2) is 54.6 Å². The van der Waals surface area contributed by atoms with Crippen LogP contribution in [-0.2, 0) is 9.59 Å². The molecule has 7 nitrogen and oxygen atoms in total. The fourth-order valence-electron chi connectivity index (χ4n) is 4.06. The average molecular weight is 451 g/mol. The molecule has 0 saturated carbocycles. The Hall–Kier alpha value is -3.19. The second-order valence-electron chi connectivity index (χ2n) is 8.20. The quantitative estimate of drug-likeness (QED) is 0.671. The van der Waals surface area contributed by atoms with E-state index in [1.54, 1.807) is 17.0 Å². The highest BCUT2D eigenvalue weighted by Gasteiger charge is 2.22. The first kappa shape index (κ1) is 24.5. The Morgan fingerprint density at radius 1 is 0.848 bits per heavy atom. The van der Waals surface area contributed by atoms with Gasteiger partial charge in [-0.1, -0.05) is 42.5 Å². The van der Waals surface area contributed by atoms with Gasteiger partial charge in [0.05, 0.1) is 13.1 Å². The number of hydrogen-bond donors (Lipinski definition) is 1. The second kappa shape index (κ2) is 12.2. The molecule has 0 aliphatic carbocycles. The van der Waals surface area contributed by atoms with E-state index in [4.69, 9.17) is 0 Å². The Balaban J connectivity index is 1.46. The molecule has 3 rings (SSSR count). The smallest absolute Gasteiger partial charge is 0.251 e. The minimum atomic E-state index is -0.260. The molecule has 0 spiro atoms. The second-order valence-corrected chi connectivity index (χ2v) is 8.20. The molecule has 3 amide bonds. The standard InChI is InChI=1S/C26H34N4O3/c1-3-29(4-2)25(32)20-28-15-8-16-30(18-17-28)24(31)19-27-26(33)23-13-11-22(12-14-23)21-9-6-5-7-10-21/h5-7,9-14H,3-4,8,15-20H2,1-2H3,(H,27,33). The van der Waals surface area contributed by atoms with Crippen LogP contribution >= 0.6 is 0 Å². The van der Waals surface area contributed by atoms with Gasteiger partial charge in [-0.3, -0.25) is 19.3 Å². The van der Waals surface area contributed by atoms with Gasteiger partial charge in [0, 0.05) is 44.8 Å². The Labute approximate surface area is 196 Å². The van der Waals surface area contributed by atoms with Crippen LogP contribution in [0.1, 0.15) is 30.6 Å². The molecule has 2 aromatic rings. The third-order valence-corrected chi connectivity index (χ3v) is 6.07. The van der Waals surface area contributed by atoms with Crippen LogP contribution in [0.3, 0.4) is 0 Å². The van der Waals surface area contributed by atoms with Gasteiger partial charge in [0.25, 0.3) is 5.91 Å². The number of carbonyl (C=O) groups excluding carboxylic acids is 3. The lowest BCUT2D eigenvalue weighted by atomic mass is 10.0. The number of carbonyl (C=O) groups is 3. The van der Waals surface area contributed by atoms with Crippen LogP contribution in [0, 0.1) is 0 Å². The van der Waals surface area contributed by atoms with Gasteiger partial charge in [0.1, 0.15) is 0 Å². The number of likely N-dealkylation sites (N-methyl/N-ethyl adjacent to an activating group) is 1. The number of amides is 3. The summed E-state index contributed by atoms with van der Waals surface area (Å²) >= 11 is 0. The highest BCUT2D eigenvalue weighted by molar-refractivity contribution is 5.96. The molecule has 0 bridgehead atoms. The summed E-state index contributed by atoms with van der Waals surface area (Å²) in [6.45, 7) is 8.39. The third kappa shape index (κ3) is 6.89. The molecular formula is C26H34N4O3. The van der Waals surface area contributed by atoms with Gasteiger partial charge in [-0.2, -0.15) is 0 Å². The fraction of sp³-hybridized carbons (Fsp3) is 0.423. The van der Waals surface area contributed by atoms with Crippen molar-refractivity contribution >= 4 is 17.7 Å². The Kier molecular flexibility index (Phi) is 9.01. The molecule has 0 aromatic heterocycles. The van der Waals surface area contributed by atoms with E-state index in [9.17, 15) is 14.4 Å². The molecule has 33 heavy (non-hydrogen) atoms. The molecule has 1 heterocycles. The topological polar surface area (TPSA) is 73.0 Å². The molecule has 176 valence electrons. The molecular weight excluding hydrogens is 416 g/mol. The zero-order valence-corrected chi connectivity index (χ0v) is 19.6. The van der Waals surface area contributed by atoms with Crippen molar-refractivity contribution in [2.24, 2.45) is 0 Å². The first-order valence-corrected chi connectivity index (χ1v) is 11.7. The maximum Gasteiger partial charge on any atom is 0.251 e. The minimum Gasteiger partial charge on any atom is -0.343 e. The largest absolute Gasteiger partial charge is 0.343 e. The first-order chi connectivity index (χ1) is 16.0. The molecule has 7 heteroatoms. The highest BCUT2D eigenvalue weighted by atomic mass is 16.2. The molecule has 1 fully saturated rings. The summed E-state index contributed by atoms with van der Waals surface area (Å²) in [6, 6.07) is 17.3. The maximum atomic E-state index is 12.7. The van der Waals surface area contributed by atoms with Crippen molar-refractivity contribution < 1.29 is 14.4 Å². The molecule has 0 unspecified atom stereocenters. The van der Waals surface area contributed by atoms with E-state index in [1.807, 2.05) is 61.2 Å². The van der Waals surface area contributed by atoms with E-state index >= 15 is 0 Å². The van der Waals surface area contributed by atoms with Crippen molar-refractivity contribution in [3.05, 3.63) is 60.2 Å². The molecule has 2 aromatic carbocycles. The molecule has 1 saturated heterocycles. The molecule has 1 aliphatic rings. The highest BCUT2D eigenvalue weighted by Crippen LogP contribution is 2.19. The number of hydrogen-bond acceptors (Lipinski definition) is 4. The minimum absolute atomic E-state index is 0.0301. The van der Waals surface area contributed by atoms with Crippen molar-refractivity contribution in [2.75, 3.05) is 52.4 Å². The van der Waals surface area contributed by atoms with Crippen LogP contribution < -0.4 is 5.32 Å². The lowest BCUT2D eigenvalue weighted by Crippen LogP contribution is -2.43. The summed E-state index contributed by atoms with van der Waals surface area (Å²) in [5, 5.41) is 2.74. The van der Waals surface area contributed by atoms with Crippen molar-refractivity contribution in [2.45, 2.75) is 20.3 Å². The van der Waals surface area contributed by atoms with Gasteiger partial charge >= 0.3 is 0 Å². The number of nitrogens with zero attached hydrogens (tertiary/aromatic N) is 3. The average Bonchev–Trinajstić information content (AvgIpc) is 3.09. The van der Waals surface area contributed by atoms with Gasteiger partial charge in [0.2, 0.25) is 11.8 Å².